The first kappa shape index (κ1) is 15.5. The van der Waals surface area contributed by atoms with E-state index in [2.05, 4.69) is 32.6 Å². The number of rotatable bonds is 5. The van der Waals surface area contributed by atoms with Crippen LogP contribution < -0.4 is 0 Å². The lowest BCUT2D eigenvalue weighted by molar-refractivity contribution is -0.143. The quantitative estimate of drug-likeness (QED) is 0.756. The van der Waals surface area contributed by atoms with E-state index in [-0.39, 0.29) is 17.9 Å². The van der Waals surface area contributed by atoms with Gasteiger partial charge >= 0.3 is 0 Å². The smallest absolute Gasteiger partial charge is 0.228 e. The van der Waals surface area contributed by atoms with Gasteiger partial charge in [0, 0.05) is 19.7 Å². The summed E-state index contributed by atoms with van der Waals surface area (Å²) in [5, 5.41) is 0. The van der Waals surface area contributed by atoms with Crippen molar-refractivity contribution in [2.45, 2.75) is 59.6 Å². The third kappa shape index (κ3) is 3.25. The summed E-state index contributed by atoms with van der Waals surface area (Å²) in [6.07, 6.45) is 2.28. The van der Waals surface area contributed by atoms with Gasteiger partial charge in [-0.1, -0.05) is 27.7 Å². The zero-order chi connectivity index (χ0) is 13.9. The molecule has 0 radical (unpaired) electrons. The molecular weight excluding hydrogens is 226 g/mol. The van der Waals surface area contributed by atoms with E-state index < -0.39 is 0 Å². The molecule has 0 saturated carbocycles. The minimum absolute atomic E-state index is 0.00841. The van der Waals surface area contributed by atoms with Crippen molar-refractivity contribution in [3.63, 3.8) is 0 Å². The summed E-state index contributed by atoms with van der Waals surface area (Å²) >= 11 is 0. The number of hydrogen-bond donors (Lipinski definition) is 0. The van der Waals surface area contributed by atoms with Gasteiger partial charge in [0.05, 0.1) is 12.0 Å². The highest BCUT2D eigenvalue weighted by molar-refractivity contribution is 5.80. The lowest BCUT2D eigenvalue weighted by Gasteiger charge is -2.34. The summed E-state index contributed by atoms with van der Waals surface area (Å²) in [6.45, 7) is 11.6. The number of carbonyl (C=O) groups excluding carboxylic acids is 1. The number of carbonyl (C=O) groups is 1. The highest BCUT2D eigenvalue weighted by atomic mass is 16.5. The Morgan fingerprint density at radius 3 is 2.28 bits per heavy atom. The molecule has 1 aliphatic rings. The number of hydrogen-bond acceptors (Lipinski definition) is 2. The van der Waals surface area contributed by atoms with E-state index in [0.717, 1.165) is 19.4 Å². The highest BCUT2D eigenvalue weighted by Crippen LogP contribution is 2.29. The Kier molecular flexibility index (Phi) is 5.64. The normalized spacial score (nSPS) is 23.8. The van der Waals surface area contributed by atoms with Gasteiger partial charge in [-0.3, -0.25) is 4.79 Å². The average molecular weight is 255 g/mol. The van der Waals surface area contributed by atoms with Gasteiger partial charge in [0.15, 0.2) is 0 Å². The van der Waals surface area contributed by atoms with Crippen LogP contribution in [0.1, 0.15) is 47.5 Å². The monoisotopic (exact) mass is 255 g/mol. The van der Waals surface area contributed by atoms with Crippen molar-refractivity contribution in [3.05, 3.63) is 0 Å². The first-order valence-electron chi connectivity index (χ1n) is 7.23. The summed E-state index contributed by atoms with van der Waals surface area (Å²) in [4.78, 5) is 14.9. The van der Waals surface area contributed by atoms with Gasteiger partial charge in [-0.15, -0.1) is 0 Å². The Bertz CT molecular complexity index is 276. The van der Waals surface area contributed by atoms with Gasteiger partial charge in [-0.05, 0) is 31.6 Å². The van der Waals surface area contributed by atoms with Gasteiger partial charge in [0.1, 0.15) is 0 Å². The molecule has 1 heterocycles. The lowest BCUT2D eigenvalue weighted by atomic mass is 9.88. The van der Waals surface area contributed by atoms with E-state index in [4.69, 9.17) is 4.74 Å². The zero-order valence-electron chi connectivity index (χ0n) is 12.8. The third-order valence-corrected chi connectivity index (χ3v) is 4.23. The summed E-state index contributed by atoms with van der Waals surface area (Å²) in [5.41, 5.74) is 0. The SMILES string of the molecule is COC(C)C(C(=O)N1CCC[C@H]1C(C)C)C(C)C. The van der Waals surface area contributed by atoms with Crippen molar-refractivity contribution < 1.29 is 9.53 Å². The van der Waals surface area contributed by atoms with Gasteiger partial charge < -0.3 is 9.64 Å². The molecule has 0 bridgehead atoms. The number of nitrogens with zero attached hydrogens (tertiary/aromatic N) is 1. The fraction of sp³-hybridized carbons (Fsp3) is 0.933. The van der Waals surface area contributed by atoms with Crippen molar-refractivity contribution in [1.82, 2.24) is 4.90 Å². The first-order chi connectivity index (χ1) is 8.40. The number of ether oxygens (including phenoxy) is 1. The van der Waals surface area contributed by atoms with Crippen LogP contribution in [0.2, 0.25) is 0 Å². The summed E-state index contributed by atoms with van der Waals surface area (Å²) in [6, 6.07) is 0.419. The molecule has 0 aromatic carbocycles. The van der Waals surface area contributed by atoms with E-state index in [0.29, 0.717) is 17.9 Å². The van der Waals surface area contributed by atoms with Crippen molar-refractivity contribution >= 4 is 5.91 Å². The molecule has 0 aromatic rings. The van der Waals surface area contributed by atoms with Crippen LogP contribution in [0.5, 0.6) is 0 Å². The molecular formula is C15H29NO2. The van der Waals surface area contributed by atoms with Crippen molar-refractivity contribution in [2.24, 2.45) is 17.8 Å². The van der Waals surface area contributed by atoms with E-state index in [9.17, 15) is 4.79 Å². The Morgan fingerprint density at radius 1 is 1.22 bits per heavy atom. The van der Waals surface area contributed by atoms with Crippen LogP contribution in [0.4, 0.5) is 0 Å². The molecule has 3 nitrogen and oxygen atoms in total. The molecule has 0 aromatic heterocycles. The summed E-state index contributed by atoms with van der Waals surface area (Å²) in [5.74, 6) is 1.13. The van der Waals surface area contributed by atoms with Crippen LogP contribution in [0, 0.1) is 17.8 Å². The first-order valence-corrected chi connectivity index (χ1v) is 7.23. The predicted octanol–water partition coefficient (Wildman–Crippen LogP) is 2.94. The van der Waals surface area contributed by atoms with E-state index >= 15 is 0 Å². The summed E-state index contributed by atoms with van der Waals surface area (Å²) < 4.78 is 5.40. The molecule has 1 fully saturated rings. The topological polar surface area (TPSA) is 29.5 Å². The summed E-state index contributed by atoms with van der Waals surface area (Å²) in [7, 11) is 1.69. The molecule has 18 heavy (non-hydrogen) atoms. The number of likely N-dealkylation sites (tertiary alicyclic amines) is 1. The second kappa shape index (κ2) is 6.55. The minimum atomic E-state index is -0.0191. The molecule has 0 N–H and O–H groups in total. The Balaban J connectivity index is 2.82. The molecule has 1 rings (SSSR count). The van der Waals surface area contributed by atoms with E-state index in [1.165, 1.54) is 0 Å². The Morgan fingerprint density at radius 2 is 1.83 bits per heavy atom. The van der Waals surface area contributed by atoms with Crippen molar-refractivity contribution in [3.8, 4) is 0 Å². The Hall–Kier alpha value is -0.570. The third-order valence-electron chi connectivity index (χ3n) is 4.23. The van der Waals surface area contributed by atoms with Crippen LogP contribution in [0.3, 0.4) is 0 Å². The van der Waals surface area contributed by atoms with E-state index in [1.807, 2.05) is 6.92 Å². The molecule has 0 aliphatic carbocycles. The van der Waals surface area contributed by atoms with Crippen molar-refractivity contribution in [1.29, 1.82) is 0 Å². The van der Waals surface area contributed by atoms with Crippen molar-refractivity contribution in [2.75, 3.05) is 13.7 Å². The van der Waals surface area contributed by atoms with Crippen LogP contribution >= 0.6 is 0 Å². The molecule has 3 atom stereocenters. The van der Waals surface area contributed by atoms with E-state index in [1.54, 1.807) is 7.11 Å². The van der Waals surface area contributed by atoms with Crippen LogP contribution in [0.15, 0.2) is 0 Å². The second-order valence-electron chi connectivity index (χ2n) is 6.20. The lowest BCUT2D eigenvalue weighted by Crippen LogP contribution is -2.46. The Labute approximate surface area is 112 Å². The van der Waals surface area contributed by atoms with Gasteiger partial charge in [-0.25, -0.2) is 0 Å². The van der Waals surface area contributed by atoms with Crippen LogP contribution in [-0.4, -0.2) is 36.6 Å². The van der Waals surface area contributed by atoms with Crippen LogP contribution in [0.25, 0.3) is 0 Å². The standard InChI is InChI=1S/C15H29NO2/c1-10(2)13-8-7-9-16(13)15(17)14(11(3)4)12(5)18-6/h10-14H,7-9H2,1-6H3/t12?,13-,14?/m0/s1. The molecule has 1 aliphatic heterocycles. The maximum Gasteiger partial charge on any atom is 0.228 e. The second-order valence-corrected chi connectivity index (χ2v) is 6.20. The average Bonchev–Trinajstić information content (AvgIpc) is 2.77. The number of methoxy groups -OCH3 is 1. The maximum absolute atomic E-state index is 12.7. The highest BCUT2D eigenvalue weighted by Gasteiger charge is 2.37. The zero-order valence-corrected chi connectivity index (χ0v) is 12.8. The van der Waals surface area contributed by atoms with Gasteiger partial charge in [-0.2, -0.15) is 0 Å². The minimum Gasteiger partial charge on any atom is -0.381 e. The fourth-order valence-corrected chi connectivity index (χ4v) is 3.13. The largest absolute Gasteiger partial charge is 0.381 e. The molecule has 3 heteroatoms. The molecule has 1 amide bonds. The fourth-order valence-electron chi connectivity index (χ4n) is 3.13. The van der Waals surface area contributed by atoms with Gasteiger partial charge in [0.25, 0.3) is 0 Å². The van der Waals surface area contributed by atoms with Crippen LogP contribution in [-0.2, 0) is 9.53 Å². The molecule has 2 unspecified atom stereocenters. The maximum atomic E-state index is 12.7. The molecule has 106 valence electrons. The van der Waals surface area contributed by atoms with Gasteiger partial charge in [0.2, 0.25) is 5.91 Å². The predicted molar refractivity (Wildman–Crippen MR) is 74.4 cm³/mol. The molecule has 0 spiro atoms. The number of amides is 1. The molecule has 1 saturated heterocycles.